The Balaban J connectivity index is 1.86. The van der Waals surface area contributed by atoms with Crippen LogP contribution in [0.1, 0.15) is 11.3 Å². The second-order valence-electron chi connectivity index (χ2n) is 4.76. The summed E-state index contributed by atoms with van der Waals surface area (Å²) in [6, 6.07) is 3.30. The number of carbonyl (C=O) groups is 2. The fraction of sp³-hybridized carbons (Fsp3) is 0.308. The highest BCUT2D eigenvalue weighted by molar-refractivity contribution is 7.17. The lowest BCUT2D eigenvalue weighted by Gasteiger charge is -2.12. The van der Waals surface area contributed by atoms with Gasteiger partial charge < -0.3 is 9.74 Å². The Kier molecular flexibility index (Phi) is 3.51. The molecule has 116 valence electrons. The third kappa shape index (κ3) is 2.76. The Bertz CT molecular complexity index is 706. The topological polar surface area (TPSA) is 59.0 Å². The van der Waals surface area contributed by atoms with Crippen LogP contribution < -0.4 is 4.90 Å². The number of halogens is 3. The minimum Gasteiger partial charge on any atom is -0.356 e. The monoisotopic (exact) mass is 330 g/mol. The summed E-state index contributed by atoms with van der Waals surface area (Å²) >= 11 is 1.20. The van der Waals surface area contributed by atoms with Crippen LogP contribution in [0.4, 0.5) is 18.2 Å². The molecule has 1 aromatic rings. The van der Waals surface area contributed by atoms with Gasteiger partial charge in [0.05, 0.1) is 17.1 Å². The molecule has 2 aliphatic rings. The van der Waals surface area contributed by atoms with Crippen molar-refractivity contribution in [2.24, 2.45) is 5.16 Å². The summed E-state index contributed by atoms with van der Waals surface area (Å²) in [4.78, 5) is 29.1. The average molecular weight is 330 g/mol. The van der Waals surface area contributed by atoms with Gasteiger partial charge in [0.25, 0.3) is 0 Å². The number of ketones is 1. The smallest absolute Gasteiger partial charge is 0.356 e. The molecule has 0 N–H and O–H groups in total. The van der Waals surface area contributed by atoms with E-state index >= 15 is 0 Å². The standard InChI is InChI=1S/C13H9F3N2O3S/c14-13(15,16)11-9(12(20)21-17-11)5-8-1-2-10(22-8)18-4-3-7(19)6-18/h1-2,5H,3-4,6H2. The van der Waals surface area contributed by atoms with Crippen LogP contribution in [0.5, 0.6) is 0 Å². The molecule has 0 bridgehead atoms. The molecule has 0 amide bonds. The molecule has 0 aliphatic carbocycles. The van der Waals surface area contributed by atoms with Gasteiger partial charge in [-0.25, -0.2) is 4.79 Å². The van der Waals surface area contributed by atoms with Crippen LogP contribution in [0.15, 0.2) is 22.9 Å². The van der Waals surface area contributed by atoms with Crippen molar-refractivity contribution in [2.45, 2.75) is 12.6 Å². The largest absolute Gasteiger partial charge is 0.437 e. The summed E-state index contributed by atoms with van der Waals surface area (Å²) in [5, 5.41) is 3.56. The first-order chi connectivity index (χ1) is 10.3. The lowest BCUT2D eigenvalue weighted by molar-refractivity contribution is -0.136. The minimum absolute atomic E-state index is 0.124. The number of oxime groups is 1. The van der Waals surface area contributed by atoms with Gasteiger partial charge in [-0.05, 0) is 18.2 Å². The molecule has 0 spiro atoms. The zero-order valence-corrected chi connectivity index (χ0v) is 11.8. The van der Waals surface area contributed by atoms with E-state index in [9.17, 15) is 22.8 Å². The summed E-state index contributed by atoms with van der Waals surface area (Å²) in [6.45, 7) is 0.889. The highest BCUT2D eigenvalue weighted by Gasteiger charge is 2.45. The average Bonchev–Trinajstić information content (AvgIpc) is 3.11. The lowest BCUT2D eigenvalue weighted by atomic mass is 10.1. The van der Waals surface area contributed by atoms with Crippen molar-refractivity contribution in [3.05, 3.63) is 22.6 Å². The minimum atomic E-state index is -4.75. The summed E-state index contributed by atoms with van der Waals surface area (Å²) in [6.07, 6.45) is -3.18. The van der Waals surface area contributed by atoms with Crippen molar-refractivity contribution in [1.29, 1.82) is 0 Å². The molecule has 1 aromatic heterocycles. The summed E-state index contributed by atoms with van der Waals surface area (Å²) in [5.41, 5.74) is -1.94. The highest BCUT2D eigenvalue weighted by Crippen LogP contribution is 2.32. The van der Waals surface area contributed by atoms with E-state index in [1.54, 1.807) is 12.1 Å². The molecule has 1 saturated heterocycles. The van der Waals surface area contributed by atoms with Gasteiger partial charge in [-0.1, -0.05) is 5.16 Å². The quantitative estimate of drug-likeness (QED) is 0.617. The maximum absolute atomic E-state index is 12.7. The van der Waals surface area contributed by atoms with Gasteiger partial charge in [-0.3, -0.25) is 4.79 Å². The highest BCUT2D eigenvalue weighted by atomic mass is 32.1. The van der Waals surface area contributed by atoms with Crippen LogP contribution in [0.25, 0.3) is 6.08 Å². The second-order valence-corrected chi connectivity index (χ2v) is 5.85. The van der Waals surface area contributed by atoms with Gasteiger partial charge in [0.1, 0.15) is 0 Å². The van der Waals surface area contributed by atoms with Crippen LogP contribution in [0, 0.1) is 0 Å². The van der Waals surface area contributed by atoms with Gasteiger partial charge in [0.15, 0.2) is 11.5 Å². The Labute approximate surface area is 126 Å². The number of nitrogens with zero attached hydrogens (tertiary/aromatic N) is 2. The fourth-order valence-corrected chi connectivity index (χ4v) is 3.14. The normalized spacial score (nSPS) is 20.8. The zero-order valence-electron chi connectivity index (χ0n) is 11.0. The van der Waals surface area contributed by atoms with Gasteiger partial charge in [-0.15, -0.1) is 11.3 Å². The third-order valence-corrected chi connectivity index (χ3v) is 4.30. The molecule has 0 aromatic carbocycles. The number of hydrogen-bond donors (Lipinski definition) is 0. The van der Waals surface area contributed by atoms with Crippen molar-refractivity contribution in [1.82, 2.24) is 0 Å². The summed E-state index contributed by atoms with van der Waals surface area (Å²) < 4.78 is 38.2. The van der Waals surface area contributed by atoms with Crippen molar-refractivity contribution in [2.75, 3.05) is 18.0 Å². The van der Waals surface area contributed by atoms with E-state index in [1.165, 1.54) is 11.3 Å². The zero-order chi connectivity index (χ0) is 15.9. The summed E-state index contributed by atoms with van der Waals surface area (Å²) in [7, 11) is 0. The SMILES string of the molecule is O=C1CCN(c2ccc(C=C3C(=O)ON=C3C(F)(F)F)s2)C1. The van der Waals surface area contributed by atoms with Crippen LogP contribution in [0.3, 0.4) is 0 Å². The molecule has 22 heavy (non-hydrogen) atoms. The maximum Gasteiger partial charge on any atom is 0.437 e. The molecular weight excluding hydrogens is 321 g/mol. The number of anilines is 1. The molecule has 9 heteroatoms. The Morgan fingerprint density at radius 2 is 2.09 bits per heavy atom. The second kappa shape index (κ2) is 5.24. The van der Waals surface area contributed by atoms with Crippen LogP contribution in [-0.4, -0.2) is 36.7 Å². The van der Waals surface area contributed by atoms with Crippen LogP contribution >= 0.6 is 11.3 Å². The molecule has 5 nitrogen and oxygen atoms in total. The van der Waals surface area contributed by atoms with Crippen molar-refractivity contribution in [3.63, 3.8) is 0 Å². The first-order valence-electron chi connectivity index (χ1n) is 6.29. The van der Waals surface area contributed by atoms with E-state index in [0.717, 1.165) is 11.1 Å². The molecule has 2 aliphatic heterocycles. The fourth-order valence-electron chi connectivity index (χ4n) is 2.16. The number of rotatable bonds is 2. The number of Topliss-reactive ketones (excluding diaryl/α,β-unsaturated/α-hetero) is 1. The predicted molar refractivity (Wildman–Crippen MR) is 73.7 cm³/mol. The van der Waals surface area contributed by atoms with E-state index in [4.69, 9.17) is 0 Å². The van der Waals surface area contributed by atoms with Crippen LogP contribution in [-0.2, 0) is 14.4 Å². The van der Waals surface area contributed by atoms with E-state index in [0.29, 0.717) is 24.4 Å². The number of hydrogen-bond acceptors (Lipinski definition) is 6. The number of thiophene rings is 1. The molecule has 1 fully saturated rings. The molecule has 0 atom stereocenters. The Morgan fingerprint density at radius 1 is 1.32 bits per heavy atom. The van der Waals surface area contributed by atoms with Gasteiger partial charge in [0, 0.05) is 17.8 Å². The van der Waals surface area contributed by atoms with Crippen molar-refractivity contribution in [3.8, 4) is 0 Å². The van der Waals surface area contributed by atoms with Crippen molar-refractivity contribution >= 4 is 39.9 Å². The predicted octanol–water partition coefficient (Wildman–Crippen LogP) is 2.39. The van der Waals surface area contributed by atoms with Gasteiger partial charge in [0.2, 0.25) is 0 Å². The maximum atomic E-state index is 12.7. The first-order valence-corrected chi connectivity index (χ1v) is 7.11. The lowest BCUT2D eigenvalue weighted by Crippen LogP contribution is -2.24. The van der Waals surface area contributed by atoms with Crippen molar-refractivity contribution < 1.29 is 27.6 Å². The van der Waals surface area contributed by atoms with E-state index in [-0.39, 0.29) is 5.78 Å². The summed E-state index contributed by atoms with van der Waals surface area (Å²) in [5.74, 6) is -1.00. The molecular formula is C13H9F3N2O3S. The van der Waals surface area contributed by atoms with Crippen LogP contribution in [0.2, 0.25) is 0 Å². The molecule has 0 saturated carbocycles. The van der Waals surface area contributed by atoms with Gasteiger partial charge in [-0.2, -0.15) is 13.2 Å². The molecule has 3 heterocycles. The van der Waals surface area contributed by atoms with E-state index in [2.05, 4.69) is 9.99 Å². The number of carbonyl (C=O) groups excluding carboxylic acids is 2. The Morgan fingerprint density at radius 3 is 2.73 bits per heavy atom. The van der Waals surface area contributed by atoms with E-state index in [1.807, 2.05) is 4.90 Å². The third-order valence-electron chi connectivity index (χ3n) is 3.20. The Hall–Kier alpha value is -2.16. The molecule has 0 radical (unpaired) electrons. The van der Waals surface area contributed by atoms with E-state index < -0.39 is 23.4 Å². The molecule has 3 rings (SSSR count). The molecule has 0 unspecified atom stereocenters. The number of alkyl halides is 3. The first kappa shape index (κ1) is 14.8. The van der Waals surface area contributed by atoms with Gasteiger partial charge >= 0.3 is 12.1 Å².